The van der Waals surface area contributed by atoms with E-state index >= 15 is 0 Å². The molecule has 0 unspecified atom stereocenters. The van der Waals surface area contributed by atoms with Crippen molar-refractivity contribution in [1.29, 1.82) is 0 Å². The number of hydrogen-bond acceptors (Lipinski definition) is 3. The van der Waals surface area contributed by atoms with Crippen molar-refractivity contribution in [3.63, 3.8) is 0 Å². The minimum Gasteiger partial charge on any atom is -0.497 e. The van der Waals surface area contributed by atoms with Crippen LogP contribution in [-0.2, 0) is 11.2 Å². The molecule has 1 aliphatic rings. The van der Waals surface area contributed by atoms with Crippen molar-refractivity contribution in [3.05, 3.63) is 29.8 Å². The van der Waals surface area contributed by atoms with E-state index in [9.17, 15) is 4.79 Å². The van der Waals surface area contributed by atoms with Crippen LogP contribution >= 0.6 is 0 Å². The third kappa shape index (κ3) is 4.24. The lowest BCUT2D eigenvalue weighted by molar-refractivity contribution is -0.122. The van der Waals surface area contributed by atoms with Crippen LogP contribution in [0.2, 0.25) is 0 Å². The third-order valence-corrected chi connectivity index (χ3v) is 3.57. The molecule has 4 heteroatoms. The fraction of sp³-hybridized carbons (Fsp3) is 0.533. The second-order valence-electron chi connectivity index (χ2n) is 5.20. The van der Waals surface area contributed by atoms with E-state index in [1.807, 2.05) is 24.3 Å². The van der Waals surface area contributed by atoms with Crippen LogP contribution in [0.4, 0.5) is 0 Å². The van der Waals surface area contributed by atoms with E-state index in [1.165, 1.54) is 5.56 Å². The summed E-state index contributed by atoms with van der Waals surface area (Å²) in [7, 11) is 1.66. The summed E-state index contributed by atoms with van der Waals surface area (Å²) >= 11 is 0. The summed E-state index contributed by atoms with van der Waals surface area (Å²) in [6.07, 6.45) is 4.21. The van der Waals surface area contributed by atoms with Crippen LogP contribution < -0.4 is 15.8 Å². The fourth-order valence-electron chi connectivity index (χ4n) is 2.32. The Hall–Kier alpha value is -1.55. The summed E-state index contributed by atoms with van der Waals surface area (Å²) < 4.78 is 5.11. The van der Waals surface area contributed by atoms with E-state index in [4.69, 9.17) is 10.5 Å². The predicted molar refractivity (Wildman–Crippen MR) is 75.1 cm³/mol. The number of nitrogens with two attached hydrogens (primary N) is 1. The molecule has 4 nitrogen and oxygen atoms in total. The number of amides is 1. The highest BCUT2D eigenvalue weighted by Crippen LogP contribution is 2.17. The van der Waals surface area contributed by atoms with E-state index in [2.05, 4.69) is 5.32 Å². The molecule has 1 saturated carbocycles. The second kappa shape index (κ2) is 6.57. The SMILES string of the molecule is COc1ccc(CCCC(=O)NC2CC(N)C2)cc1. The van der Waals surface area contributed by atoms with Crippen LogP contribution in [0.15, 0.2) is 24.3 Å². The van der Waals surface area contributed by atoms with Crippen molar-refractivity contribution in [2.45, 2.75) is 44.2 Å². The molecular weight excluding hydrogens is 240 g/mol. The molecule has 1 aromatic carbocycles. The molecule has 0 bridgehead atoms. The van der Waals surface area contributed by atoms with Gasteiger partial charge in [-0.2, -0.15) is 0 Å². The summed E-state index contributed by atoms with van der Waals surface area (Å²) in [6.45, 7) is 0. The van der Waals surface area contributed by atoms with E-state index in [-0.39, 0.29) is 11.9 Å². The van der Waals surface area contributed by atoms with Gasteiger partial charge >= 0.3 is 0 Å². The highest BCUT2D eigenvalue weighted by atomic mass is 16.5. The number of ether oxygens (including phenoxy) is 1. The summed E-state index contributed by atoms with van der Waals surface area (Å²) in [4.78, 5) is 11.7. The number of methoxy groups -OCH3 is 1. The van der Waals surface area contributed by atoms with Gasteiger partial charge in [-0.05, 0) is 43.4 Å². The maximum Gasteiger partial charge on any atom is 0.220 e. The zero-order valence-electron chi connectivity index (χ0n) is 11.4. The number of carbonyl (C=O) groups excluding carboxylic acids is 1. The molecule has 1 amide bonds. The normalized spacial score (nSPS) is 21.6. The van der Waals surface area contributed by atoms with Crippen molar-refractivity contribution in [1.82, 2.24) is 5.32 Å². The smallest absolute Gasteiger partial charge is 0.220 e. The largest absolute Gasteiger partial charge is 0.497 e. The Labute approximate surface area is 114 Å². The van der Waals surface area contributed by atoms with Crippen molar-refractivity contribution in [2.24, 2.45) is 5.73 Å². The Morgan fingerprint density at radius 1 is 1.37 bits per heavy atom. The van der Waals surface area contributed by atoms with Crippen molar-refractivity contribution in [3.8, 4) is 5.75 Å². The van der Waals surface area contributed by atoms with Crippen LogP contribution in [0.1, 0.15) is 31.2 Å². The molecule has 0 heterocycles. The van der Waals surface area contributed by atoms with Crippen LogP contribution in [0.3, 0.4) is 0 Å². The number of benzene rings is 1. The molecule has 0 saturated heterocycles. The van der Waals surface area contributed by atoms with E-state index in [1.54, 1.807) is 7.11 Å². The average Bonchev–Trinajstić information content (AvgIpc) is 2.38. The van der Waals surface area contributed by atoms with Crippen LogP contribution in [0.25, 0.3) is 0 Å². The predicted octanol–water partition coefficient (Wildman–Crippen LogP) is 1.62. The standard InChI is InChI=1S/C15H22N2O2/c1-19-14-7-5-11(6-8-14)3-2-4-15(18)17-13-9-12(16)10-13/h5-8,12-13H,2-4,9-10,16H2,1H3,(H,17,18). The number of hydrogen-bond donors (Lipinski definition) is 2. The van der Waals surface area contributed by atoms with Gasteiger partial charge in [0, 0.05) is 18.5 Å². The van der Waals surface area contributed by atoms with Gasteiger partial charge in [-0.15, -0.1) is 0 Å². The van der Waals surface area contributed by atoms with E-state index < -0.39 is 0 Å². The maximum absolute atomic E-state index is 11.7. The first-order valence-corrected chi connectivity index (χ1v) is 6.85. The number of nitrogens with one attached hydrogen (secondary N) is 1. The highest BCUT2D eigenvalue weighted by Gasteiger charge is 2.26. The Balaban J connectivity index is 1.63. The molecule has 0 atom stereocenters. The monoisotopic (exact) mass is 262 g/mol. The first-order valence-electron chi connectivity index (χ1n) is 6.85. The van der Waals surface area contributed by atoms with Gasteiger partial charge in [0.2, 0.25) is 5.91 Å². The van der Waals surface area contributed by atoms with Crippen LogP contribution in [0, 0.1) is 0 Å². The molecule has 19 heavy (non-hydrogen) atoms. The molecule has 0 aromatic heterocycles. The average molecular weight is 262 g/mol. The zero-order chi connectivity index (χ0) is 13.7. The Kier molecular flexibility index (Phi) is 4.80. The molecule has 3 N–H and O–H groups in total. The Morgan fingerprint density at radius 2 is 2.05 bits per heavy atom. The Bertz CT molecular complexity index is 411. The third-order valence-electron chi connectivity index (χ3n) is 3.57. The van der Waals surface area contributed by atoms with E-state index in [0.29, 0.717) is 12.5 Å². The second-order valence-corrected chi connectivity index (χ2v) is 5.20. The quantitative estimate of drug-likeness (QED) is 0.819. The first-order chi connectivity index (χ1) is 9.17. The van der Waals surface area contributed by atoms with Gasteiger partial charge < -0.3 is 15.8 Å². The zero-order valence-corrected chi connectivity index (χ0v) is 11.4. The minimum atomic E-state index is 0.144. The number of aryl methyl sites for hydroxylation is 1. The molecule has 0 spiro atoms. The Morgan fingerprint density at radius 3 is 2.63 bits per heavy atom. The fourth-order valence-corrected chi connectivity index (χ4v) is 2.32. The van der Waals surface area contributed by atoms with Crippen LogP contribution in [-0.4, -0.2) is 25.1 Å². The van der Waals surface area contributed by atoms with Crippen molar-refractivity contribution in [2.75, 3.05) is 7.11 Å². The molecule has 1 aliphatic carbocycles. The molecule has 1 aromatic rings. The topological polar surface area (TPSA) is 64.3 Å². The lowest BCUT2D eigenvalue weighted by Crippen LogP contribution is -2.50. The van der Waals surface area contributed by atoms with Crippen LogP contribution in [0.5, 0.6) is 5.75 Å². The summed E-state index contributed by atoms with van der Waals surface area (Å²) in [5.74, 6) is 1.01. The maximum atomic E-state index is 11.7. The molecule has 0 radical (unpaired) electrons. The van der Waals surface area contributed by atoms with Crippen molar-refractivity contribution >= 4 is 5.91 Å². The molecule has 104 valence electrons. The van der Waals surface area contributed by atoms with Gasteiger partial charge in [0.25, 0.3) is 0 Å². The van der Waals surface area contributed by atoms with E-state index in [0.717, 1.165) is 31.4 Å². The van der Waals surface area contributed by atoms with Crippen molar-refractivity contribution < 1.29 is 9.53 Å². The molecular formula is C15H22N2O2. The van der Waals surface area contributed by atoms with Gasteiger partial charge in [-0.1, -0.05) is 12.1 Å². The summed E-state index contributed by atoms with van der Waals surface area (Å²) in [5, 5.41) is 3.01. The van der Waals surface area contributed by atoms with Gasteiger partial charge in [-0.25, -0.2) is 0 Å². The number of rotatable bonds is 6. The molecule has 0 aliphatic heterocycles. The summed E-state index contributed by atoms with van der Waals surface area (Å²) in [5.41, 5.74) is 6.92. The number of carbonyl (C=O) groups is 1. The van der Waals surface area contributed by atoms with Gasteiger partial charge in [0.15, 0.2) is 0 Å². The van der Waals surface area contributed by atoms with Gasteiger partial charge in [-0.3, -0.25) is 4.79 Å². The molecule has 1 fully saturated rings. The summed E-state index contributed by atoms with van der Waals surface area (Å²) in [6, 6.07) is 8.58. The highest BCUT2D eigenvalue weighted by molar-refractivity contribution is 5.76. The van der Waals surface area contributed by atoms with Gasteiger partial charge in [0.1, 0.15) is 5.75 Å². The first kappa shape index (κ1) is 13.9. The van der Waals surface area contributed by atoms with Gasteiger partial charge in [0.05, 0.1) is 7.11 Å². The molecule has 2 rings (SSSR count). The lowest BCUT2D eigenvalue weighted by atomic mass is 9.87. The minimum absolute atomic E-state index is 0.144. The lowest BCUT2D eigenvalue weighted by Gasteiger charge is -2.32.